The summed E-state index contributed by atoms with van der Waals surface area (Å²) in [6, 6.07) is 15.4. The van der Waals surface area contributed by atoms with Gasteiger partial charge in [0.2, 0.25) is 10.0 Å². The quantitative estimate of drug-likeness (QED) is 0.653. The Labute approximate surface area is 169 Å². The molecule has 0 amide bonds. The van der Waals surface area contributed by atoms with E-state index in [0.29, 0.717) is 0 Å². The molecule has 1 atom stereocenters. The number of hydrogen-bond donors (Lipinski definition) is 1. The van der Waals surface area contributed by atoms with Gasteiger partial charge in [-0.25, -0.2) is 13.1 Å². The molecule has 1 unspecified atom stereocenters. The maximum absolute atomic E-state index is 12.5. The SMILES string of the molecule is CCN(CC)C(CNS(=O)(=O)/C=C/c1ccc(C)cc1)c1cccc(OC)c1. The maximum atomic E-state index is 12.5. The van der Waals surface area contributed by atoms with E-state index in [1.54, 1.807) is 13.2 Å². The second kappa shape index (κ2) is 10.4. The zero-order chi connectivity index (χ0) is 20.6. The van der Waals surface area contributed by atoms with Crippen LogP contribution in [0.3, 0.4) is 0 Å². The van der Waals surface area contributed by atoms with E-state index in [4.69, 9.17) is 4.74 Å². The lowest BCUT2D eigenvalue weighted by atomic mass is 10.0. The van der Waals surface area contributed by atoms with Crippen molar-refractivity contribution < 1.29 is 13.2 Å². The molecular weight excluding hydrogens is 372 g/mol. The van der Waals surface area contributed by atoms with Gasteiger partial charge in [0.25, 0.3) is 0 Å². The van der Waals surface area contributed by atoms with Crippen molar-refractivity contribution in [2.24, 2.45) is 0 Å². The third-order valence-electron chi connectivity index (χ3n) is 4.73. The molecule has 0 bridgehead atoms. The Morgan fingerprint density at radius 3 is 2.39 bits per heavy atom. The first-order chi connectivity index (χ1) is 13.4. The first-order valence-electron chi connectivity index (χ1n) is 9.51. The van der Waals surface area contributed by atoms with Crippen LogP contribution in [-0.2, 0) is 10.0 Å². The Hall–Kier alpha value is -2.15. The van der Waals surface area contributed by atoms with Crippen LogP contribution in [-0.4, -0.2) is 40.1 Å². The first kappa shape index (κ1) is 22.1. The number of nitrogens with one attached hydrogen (secondary N) is 1. The van der Waals surface area contributed by atoms with Crippen LogP contribution in [0.25, 0.3) is 6.08 Å². The number of nitrogens with zero attached hydrogens (tertiary/aromatic N) is 1. The van der Waals surface area contributed by atoms with E-state index in [0.717, 1.165) is 35.5 Å². The van der Waals surface area contributed by atoms with Crippen molar-refractivity contribution in [3.63, 3.8) is 0 Å². The number of rotatable bonds is 10. The van der Waals surface area contributed by atoms with Gasteiger partial charge in [0, 0.05) is 18.0 Å². The van der Waals surface area contributed by atoms with E-state index in [9.17, 15) is 8.42 Å². The minimum absolute atomic E-state index is 0.0763. The zero-order valence-corrected chi connectivity index (χ0v) is 17.9. The molecule has 0 heterocycles. The average Bonchev–Trinajstić information content (AvgIpc) is 2.70. The zero-order valence-electron chi connectivity index (χ0n) is 17.1. The molecular formula is C22H30N2O3S. The van der Waals surface area contributed by atoms with Crippen molar-refractivity contribution in [1.82, 2.24) is 9.62 Å². The highest BCUT2D eigenvalue weighted by Gasteiger charge is 2.20. The fourth-order valence-electron chi connectivity index (χ4n) is 3.06. The van der Waals surface area contributed by atoms with Gasteiger partial charge in [-0.3, -0.25) is 4.90 Å². The second-order valence-electron chi connectivity index (χ2n) is 6.62. The molecule has 0 aromatic heterocycles. The van der Waals surface area contributed by atoms with Gasteiger partial charge < -0.3 is 4.74 Å². The summed E-state index contributed by atoms with van der Waals surface area (Å²) in [6.45, 7) is 8.07. The molecule has 0 aliphatic rings. The van der Waals surface area contributed by atoms with E-state index in [2.05, 4.69) is 23.5 Å². The van der Waals surface area contributed by atoms with E-state index in [-0.39, 0.29) is 12.6 Å². The monoisotopic (exact) mass is 402 g/mol. The largest absolute Gasteiger partial charge is 0.497 e. The molecule has 2 aromatic rings. The van der Waals surface area contributed by atoms with Gasteiger partial charge in [-0.15, -0.1) is 0 Å². The molecule has 2 rings (SSSR count). The highest BCUT2D eigenvalue weighted by molar-refractivity contribution is 7.92. The van der Waals surface area contributed by atoms with Crippen LogP contribution in [0.15, 0.2) is 53.9 Å². The van der Waals surface area contributed by atoms with Gasteiger partial charge >= 0.3 is 0 Å². The van der Waals surface area contributed by atoms with Crippen molar-refractivity contribution >= 4 is 16.1 Å². The number of aryl methyl sites for hydroxylation is 1. The molecule has 0 radical (unpaired) electrons. The predicted octanol–water partition coefficient (Wildman–Crippen LogP) is 3.98. The van der Waals surface area contributed by atoms with E-state index in [1.165, 1.54) is 5.41 Å². The summed E-state index contributed by atoms with van der Waals surface area (Å²) in [5, 5.41) is 1.22. The molecule has 6 heteroatoms. The minimum atomic E-state index is -3.55. The fraction of sp³-hybridized carbons (Fsp3) is 0.364. The van der Waals surface area contributed by atoms with Crippen molar-refractivity contribution in [2.75, 3.05) is 26.7 Å². The van der Waals surface area contributed by atoms with E-state index in [1.807, 2.05) is 55.5 Å². The molecule has 0 spiro atoms. The molecule has 5 nitrogen and oxygen atoms in total. The smallest absolute Gasteiger partial charge is 0.233 e. The Bertz CT molecular complexity index is 873. The number of ether oxygens (including phenoxy) is 1. The third-order valence-corrected chi connectivity index (χ3v) is 5.79. The summed E-state index contributed by atoms with van der Waals surface area (Å²) in [7, 11) is -1.92. The Morgan fingerprint density at radius 2 is 1.79 bits per heavy atom. The highest BCUT2D eigenvalue weighted by Crippen LogP contribution is 2.24. The summed E-state index contributed by atoms with van der Waals surface area (Å²) in [5.74, 6) is 0.761. The number of methoxy groups -OCH3 is 1. The topological polar surface area (TPSA) is 58.6 Å². The number of hydrogen-bond acceptors (Lipinski definition) is 4. The molecule has 1 N–H and O–H groups in total. The number of benzene rings is 2. The summed E-state index contributed by atoms with van der Waals surface area (Å²) in [4.78, 5) is 2.22. The second-order valence-corrected chi connectivity index (χ2v) is 8.27. The van der Waals surface area contributed by atoms with Crippen LogP contribution in [0.5, 0.6) is 5.75 Å². The van der Waals surface area contributed by atoms with Crippen molar-refractivity contribution in [2.45, 2.75) is 26.8 Å². The lowest BCUT2D eigenvalue weighted by molar-refractivity contribution is 0.219. The molecule has 0 aliphatic carbocycles. The lowest BCUT2D eigenvalue weighted by Gasteiger charge is -2.30. The van der Waals surface area contributed by atoms with Gasteiger partial charge in [0.05, 0.1) is 7.11 Å². The molecule has 152 valence electrons. The van der Waals surface area contributed by atoms with Crippen LogP contribution in [0.1, 0.15) is 36.6 Å². The average molecular weight is 403 g/mol. The number of sulfonamides is 1. The summed E-state index contributed by atoms with van der Waals surface area (Å²) in [6.07, 6.45) is 1.61. The van der Waals surface area contributed by atoms with Crippen LogP contribution < -0.4 is 9.46 Å². The molecule has 0 saturated heterocycles. The normalized spacial score (nSPS) is 13.2. The Morgan fingerprint density at radius 1 is 1.11 bits per heavy atom. The summed E-state index contributed by atoms with van der Waals surface area (Å²) in [5.41, 5.74) is 3.01. The fourth-order valence-corrected chi connectivity index (χ4v) is 3.88. The highest BCUT2D eigenvalue weighted by atomic mass is 32.2. The van der Waals surface area contributed by atoms with Crippen LogP contribution in [0.2, 0.25) is 0 Å². The summed E-state index contributed by atoms with van der Waals surface area (Å²) >= 11 is 0. The minimum Gasteiger partial charge on any atom is -0.497 e. The van der Waals surface area contributed by atoms with Crippen molar-refractivity contribution in [3.8, 4) is 5.75 Å². The van der Waals surface area contributed by atoms with Gasteiger partial charge in [-0.05, 0) is 49.3 Å². The lowest BCUT2D eigenvalue weighted by Crippen LogP contribution is -2.37. The molecule has 0 saturated carbocycles. The molecule has 0 fully saturated rings. The Kier molecular flexibility index (Phi) is 8.23. The molecule has 0 aliphatic heterocycles. The molecule has 28 heavy (non-hydrogen) atoms. The Balaban J connectivity index is 2.15. The van der Waals surface area contributed by atoms with Gasteiger partial charge in [-0.1, -0.05) is 55.8 Å². The van der Waals surface area contributed by atoms with Gasteiger partial charge in [0.15, 0.2) is 0 Å². The molecule has 2 aromatic carbocycles. The predicted molar refractivity (Wildman–Crippen MR) is 116 cm³/mol. The van der Waals surface area contributed by atoms with Gasteiger partial charge in [0.1, 0.15) is 5.75 Å². The first-order valence-corrected chi connectivity index (χ1v) is 11.1. The van der Waals surface area contributed by atoms with E-state index < -0.39 is 10.0 Å². The van der Waals surface area contributed by atoms with E-state index >= 15 is 0 Å². The van der Waals surface area contributed by atoms with Crippen LogP contribution in [0, 0.1) is 6.92 Å². The number of likely N-dealkylation sites (N-methyl/N-ethyl adjacent to an activating group) is 1. The standard InChI is InChI=1S/C22H30N2O3S/c1-5-24(6-2)22(20-8-7-9-21(16-20)27-4)17-23-28(25,26)15-14-19-12-10-18(3)11-13-19/h7-16,22-23H,5-6,17H2,1-4H3/b15-14+. The maximum Gasteiger partial charge on any atom is 0.233 e. The van der Waals surface area contributed by atoms with Crippen LogP contribution in [0.4, 0.5) is 0 Å². The summed E-state index contributed by atoms with van der Waals surface area (Å²) < 4.78 is 33.0. The van der Waals surface area contributed by atoms with Crippen molar-refractivity contribution in [3.05, 3.63) is 70.6 Å². The van der Waals surface area contributed by atoms with Crippen LogP contribution >= 0.6 is 0 Å². The van der Waals surface area contributed by atoms with Gasteiger partial charge in [-0.2, -0.15) is 0 Å². The third kappa shape index (κ3) is 6.48. The van der Waals surface area contributed by atoms with Crippen molar-refractivity contribution in [1.29, 1.82) is 0 Å².